The lowest BCUT2D eigenvalue weighted by Crippen LogP contribution is -2.62. The van der Waals surface area contributed by atoms with Gasteiger partial charge in [-0.2, -0.15) is 0 Å². The van der Waals surface area contributed by atoms with E-state index in [1.807, 2.05) is 36.4 Å². The number of aliphatic carboxylic acids is 1. The van der Waals surface area contributed by atoms with E-state index in [1.54, 1.807) is 13.8 Å². The number of carbonyl (C=O) groups excluding carboxylic acids is 2. The van der Waals surface area contributed by atoms with Crippen LogP contribution in [-0.4, -0.2) is 65.4 Å². The molecule has 2 amide bonds. The third-order valence-corrected chi connectivity index (χ3v) is 7.55. The van der Waals surface area contributed by atoms with Crippen LogP contribution in [0, 0.1) is 0 Å². The summed E-state index contributed by atoms with van der Waals surface area (Å²) in [6.45, 7) is 5.13. The van der Waals surface area contributed by atoms with Gasteiger partial charge in [0.1, 0.15) is 17.7 Å². The predicted octanol–water partition coefficient (Wildman–Crippen LogP) is 3.78. The quantitative estimate of drug-likeness (QED) is 0.625. The number of carboxylic acids is 1. The molecule has 2 aliphatic rings. The van der Waals surface area contributed by atoms with Crippen LogP contribution in [0.3, 0.4) is 0 Å². The Morgan fingerprint density at radius 3 is 2.20 bits per heavy atom. The Morgan fingerprint density at radius 2 is 1.69 bits per heavy atom. The van der Waals surface area contributed by atoms with Crippen LogP contribution in [0.1, 0.15) is 50.7 Å². The van der Waals surface area contributed by atoms with Crippen LogP contribution in [0.4, 0.5) is 4.79 Å². The van der Waals surface area contributed by atoms with Crippen LogP contribution in [-0.2, 0) is 19.1 Å². The molecule has 1 fully saturated rings. The van der Waals surface area contributed by atoms with E-state index < -0.39 is 35.2 Å². The topological polar surface area (TPSA) is 105 Å². The average Bonchev–Trinajstić information content (AvgIpc) is 3.38. The molecule has 3 atom stereocenters. The fraction of sp³-hybridized carbons (Fsp3) is 0.444. The number of alkyl carbamates (subject to hydrolysis) is 1. The standard InChI is InChI=1S/C27H32N2O6/c1-5-26(2,23(30)29-15-17(34-4)14-27(29,3)24(31)32)28-25(33)35-16-22-20-12-8-6-10-18(20)19-11-7-9-13-21(19)22/h6-13,17,22H,5,14-16H2,1-4H3,(H,28,33)(H,31,32). The Kier molecular flexibility index (Phi) is 6.60. The molecule has 0 spiro atoms. The van der Waals surface area contributed by atoms with Gasteiger partial charge >= 0.3 is 12.1 Å². The Labute approximate surface area is 205 Å². The van der Waals surface area contributed by atoms with Gasteiger partial charge in [-0.05, 0) is 42.5 Å². The summed E-state index contributed by atoms with van der Waals surface area (Å²) >= 11 is 0. The number of carbonyl (C=O) groups is 3. The molecule has 0 radical (unpaired) electrons. The van der Waals surface area contributed by atoms with Crippen molar-refractivity contribution in [1.82, 2.24) is 10.2 Å². The lowest BCUT2D eigenvalue weighted by Gasteiger charge is -2.38. The maximum Gasteiger partial charge on any atom is 0.408 e. The summed E-state index contributed by atoms with van der Waals surface area (Å²) in [6.07, 6.45) is -0.672. The van der Waals surface area contributed by atoms with E-state index in [-0.39, 0.29) is 31.9 Å². The zero-order valence-corrected chi connectivity index (χ0v) is 20.5. The number of hydrogen-bond donors (Lipinski definition) is 2. The van der Waals surface area contributed by atoms with Gasteiger partial charge in [0.25, 0.3) is 0 Å². The van der Waals surface area contributed by atoms with Crippen LogP contribution >= 0.6 is 0 Å². The van der Waals surface area contributed by atoms with E-state index in [4.69, 9.17) is 9.47 Å². The number of methoxy groups -OCH3 is 1. The molecule has 0 aromatic heterocycles. The Morgan fingerprint density at radius 1 is 1.11 bits per heavy atom. The molecule has 8 heteroatoms. The first kappa shape index (κ1) is 24.7. The van der Waals surface area contributed by atoms with Crippen LogP contribution in [0.15, 0.2) is 48.5 Å². The number of amides is 2. The molecule has 3 unspecified atom stereocenters. The predicted molar refractivity (Wildman–Crippen MR) is 130 cm³/mol. The molecule has 186 valence electrons. The third kappa shape index (κ3) is 4.27. The van der Waals surface area contributed by atoms with Crippen molar-refractivity contribution in [1.29, 1.82) is 0 Å². The van der Waals surface area contributed by atoms with Crippen molar-refractivity contribution in [2.45, 2.75) is 56.7 Å². The molecular weight excluding hydrogens is 448 g/mol. The molecule has 1 aliphatic heterocycles. The van der Waals surface area contributed by atoms with Gasteiger partial charge in [0.2, 0.25) is 5.91 Å². The number of benzene rings is 2. The Balaban J connectivity index is 1.48. The van der Waals surface area contributed by atoms with Gasteiger partial charge in [0.15, 0.2) is 0 Å². The zero-order valence-electron chi connectivity index (χ0n) is 20.5. The lowest BCUT2D eigenvalue weighted by molar-refractivity contribution is -0.157. The Bertz CT molecular complexity index is 1100. The van der Waals surface area contributed by atoms with Gasteiger partial charge < -0.3 is 24.8 Å². The first-order valence-electron chi connectivity index (χ1n) is 11.9. The second kappa shape index (κ2) is 9.34. The monoisotopic (exact) mass is 480 g/mol. The number of nitrogens with zero attached hydrogens (tertiary/aromatic N) is 1. The van der Waals surface area contributed by atoms with Gasteiger partial charge in [-0.3, -0.25) is 4.79 Å². The van der Waals surface area contributed by atoms with Crippen molar-refractivity contribution in [2.24, 2.45) is 0 Å². The maximum absolute atomic E-state index is 13.5. The number of rotatable bonds is 7. The molecule has 1 heterocycles. The summed E-state index contributed by atoms with van der Waals surface area (Å²) in [5.74, 6) is -1.68. The minimum atomic E-state index is -1.42. The summed E-state index contributed by atoms with van der Waals surface area (Å²) in [6, 6.07) is 16.1. The largest absolute Gasteiger partial charge is 0.480 e. The van der Waals surface area contributed by atoms with E-state index >= 15 is 0 Å². The van der Waals surface area contributed by atoms with E-state index in [9.17, 15) is 19.5 Å². The zero-order chi connectivity index (χ0) is 25.4. The first-order chi connectivity index (χ1) is 16.6. The number of carboxylic acid groups (broad SMARTS) is 1. The molecule has 4 rings (SSSR count). The van der Waals surface area contributed by atoms with Crippen molar-refractivity contribution in [3.8, 4) is 11.1 Å². The van der Waals surface area contributed by atoms with Gasteiger partial charge in [0.05, 0.1) is 6.10 Å². The highest BCUT2D eigenvalue weighted by Gasteiger charge is 2.54. The fourth-order valence-electron chi connectivity index (χ4n) is 5.14. The molecule has 1 saturated heterocycles. The summed E-state index contributed by atoms with van der Waals surface area (Å²) in [5, 5.41) is 12.5. The minimum absolute atomic E-state index is 0.104. The number of fused-ring (bicyclic) bond motifs is 3. The second-order valence-corrected chi connectivity index (χ2v) is 9.69. The van der Waals surface area contributed by atoms with Crippen molar-refractivity contribution in [2.75, 3.05) is 20.3 Å². The lowest BCUT2D eigenvalue weighted by atomic mass is 9.92. The molecule has 1 aliphatic carbocycles. The van der Waals surface area contributed by atoms with E-state index in [0.29, 0.717) is 0 Å². The van der Waals surface area contributed by atoms with E-state index in [0.717, 1.165) is 22.3 Å². The highest BCUT2D eigenvalue weighted by atomic mass is 16.5. The smallest absolute Gasteiger partial charge is 0.408 e. The van der Waals surface area contributed by atoms with Gasteiger partial charge in [0, 0.05) is 26.0 Å². The summed E-state index contributed by atoms with van der Waals surface area (Å²) in [5.41, 5.74) is 1.69. The number of hydrogen-bond acceptors (Lipinski definition) is 5. The van der Waals surface area contributed by atoms with Gasteiger partial charge in [-0.15, -0.1) is 0 Å². The summed E-state index contributed by atoms with van der Waals surface area (Å²) < 4.78 is 11.0. The van der Waals surface area contributed by atoms with Crippen LogP contribution in [0.5, 0.6) is 0 Å². The molecule has 35 heavy (non-hydrogen) atoms. The first-order valence-corrected chi connectivity index (χ1v) is 11.9. The highest BCUT2D eigenvalue weighted by molar-refractivity contribution is 5.94. The Hall–Kier alpha value is -3.39. The van der Waals surface area contributed by atoms with Crippen LogP contribution < -0.4 is 5.32 Å². The number of nitrogens with one attached hydrogen (secondary N) is 1. The molecule has 2 aromatic rings. The highest BCUT2D eigenvalue weighted by Crippen LogP contribution is 2.44. The third-order valence-electron chi connectivity index (χ3n) is 7.55. The SMILES string of the molecule is CCC(C)(NC(=O)OCC1c2ccccc2-c2ccccc21)C(=O)N1CC(OC)CC1(C)C(=O)O. The minimum Gasteiger partial charge on any atom is -0.480 e. The van der Waals surface area contributed by atoms with E-state index in [2.05, 4.69) is 17.4 Å². The molecule has 8 nitrogen and oxygen atoms in total. The van der Waals surface area contributed by atoms with Crippen molar-refractivity contribution in [3.63, 3.8) is 0 Å². The van der Waals surface area contributed by atoms with Crippen LogP contribution in [0.2, 0.25) is 0 Å². The summed E-state index contributed by atoms with van der Waals surface area (Å²) in [7, 11) is 1.49. The number of ether oxygens (including phenoxy) is 2. The molecule has 0 saturated carbocycles. The van der Waals surface area contributed by atoms with Gasteiger partial charge in [-0.1, -0.05) is 55.5 Å². The van der Waals surface area contributed by atoms with Gasteiger partial charge in [-0.25, -0.2) is 9.59 Å². The fourth-order valence-corrected chi connectivity index (χ4v) is 5.14. The van der Waals surface area contributed by atoms with Crippen molar-refractivity contribution < 1.29 is 29.0 Å². The van der Waals surface area contributed by atoms with Crippen molar-refractivity contribution >= 4 is 18.0 Å². The molecule has 2 N–H and O–H groups in total. The molecule has 2 aromatic carbocycles. The molecular formula is C27H32N2O6. The van der Waals surface area contributed by atoms with E-state index in [1.165, 1.54) is 18.9 Å². The normalized spacial score (nSPS) is 22.7. The second-order valence-electron chi connectivity index (χ2n) is 9.69. The van der Waals surface area contributed by atoms with Crippen molar-refractivity contribution in [3.05, 3.63) is 59.7 Å². The van der Waals surface area contributed by atoms with Crippen LogP contribution in [0.25, 0.3) is 11.1 Å². The summed E-state index contributed by atoms with van der Waals surface area (Å²) in [4.78, 5) is 39.8. The number of likely N-dealkylation sites (tertiary alicyclic amines) is 1. The maximum atomic E-state index is 13.5. The molecule has 0 bridgehead atoms. The average molecular weight is 481 g/mol.